The van der Waals surface area contributed by atoms with E-state index in [4.69, 9.17) is 27.9 Å². The van der Waals surface area contributed by atoms with Gasteiger partial charge in [-0.1, -0.05) is 23.2 Å². The summed E-state index contributed by atoms with van der Waals surface area (Å²) in [6, 6.07) is 6.82. The summed E-state index contributed by atoms with van der Waals surface area (Å²) in [4.78, 5) is 14.6. The van der Waals surface area contributed by atoms with E-state index in [1.165, 1.54) is 4.68 Å². The molecule has 1 aliphatic rings. The van der Waals surface area contributed by atoms with E-state index in [0.29, 0.717) is 29.5 Å². The Hall–Kier alpha value is -1.60. The van der Waals surface area contributed by atoms with Crippen LogP contribution < -0.4 is 10.9 Å². The first-order chi connectivity index (χ1) is 11.5. The predicted molar refractivity (Wildman–Crippen MR) is 95.6 cm³/mol. The van der Waals surface area contributed by atoms with Crippen LogP contribution in [-0.4, -0.2) is 54.1 Å². The van der Waals surface area contributed by atoms with Crippen molar-refractivity contribution in [2.24, 2.45) is 0 Å². The molecule has 8 heteroatoms. The Labute approximate surface area is 149 Å². The highest BCUT2D eigenvalue weighted by Gasteiger charge is 2.18. The Morgan fingerprint density at radius 3 is 2.79 bits per heavy atom. The molecule has 0 radical (unpaired) electrons. The maximum atomic E-state index is 12.4. The molecule has 1 unspecified atom stereocenters. The average molecular weight is 369 g/mol. The molecule has 1 aromatic carbocycles. The minimum Gasteiger partial charge on any atom is -0.380 e. The van der Waals surface area contributed by atoms with Crippen LogP contribution in [0.15, 0.2) is 35.3 Å². The lowest BCUT2D eigenvalue weighted by Crippen LogP contribution is -2.43. The van der Waals surface area contributed by atoms with Crippen LogP contribution in [0.5, 0.6) is 0 Å². The molecule has 1 aliphatic heterocycles. The van der Waals surface area contributed by atoms with E-state index >= 15 is 0 Å². The fraction of sp³-hybridized carbons (Fsp3) is 0.375. The molecule has 1 N–H and O–H groups in total. The normalized spacial score (nSPS) is 18.5. The van der Waals surface area contributed by atoms with Gasteiger partial charge < -0.3 is 15.0 Å². The lowest BCUT2D eigenvalue weighted by atomic mass is 10.2. The summed E-state index contributed by atoms with van der Waals surface area (Å²) in [5.41, 5.74) is 0.726. The van der Waals surface area contributed by atoms with Crippen LogP contribution in [0.2, 0.25) is 10.0 Å². The Morgan fingerprint density at radius 2 is 2.08 bits per heavy atom. The molecule has 0 amide bonds. The third-order valence-electron chi connectivity index (χ3n) is 3.85. The van der Waals surface area contributed by atoms with E-state index in [0.717, 1.165) is 13.1 Å². The van der Waals surface area contributed by atoms with Gasteiger partial charge in [-0.3, -0.25) is 4.79 Å². The van der Waals surface area contributed by atoms with Gasteiger partial charge in [-0.05, 0) is 31.3 Å². The first kappa shape index (κ1) is 17.2. The summed E-state index contributed by atoms with van der Waals surface area (Å²) in [7, 11) is 2.05. The minimum absolute atomic E-state index is 0.0542. The molecule has 0 bridgehead atoms. The fourth-order valence-corrected chi connectivity index (χ4v) is 2.86. The van der Waals surface area contributed by atoms with Crippen LogP contribution in [0.3, 0.4) is 0 Å². The average Bonchev–Trinajstić information content (AvgIpc) is 2.57. The van der Waals surface area contributed by atoms with Gasteiger partial charge in [-0.25, -0.2) is 0 Å². The second kappa shape index (κ2) is 7.53. The molecule has 1 aromatic heterocycles. The zero-order chi connectivity index (χ0) is 17.1. The molecule has 3 rings (SSSR count). The van der Waals surface area contributed by atoms with Crippen molar-refractivity contribution in [3.63, 3.8) is 0 Å². The summed E-state index contributed by atoms with van der Waals surface area (Å²) in [6.07, 6.45) is 1.60. The third-order valence-corrected chi connectivity index (χ3v) is 4.47. The van der Waals surface area contributed by atoms with Gasteiger partial charge in [0.15, 0.2) is 0 Å². The molecule has 1 atom stereocenters. The quantitative estimate of drug-likeness (QED) is 0.896. The zero-order valence-corrected chi connectivity index (χ0v) is 14.7. The van der Waals surface area contributed by atoms with Crippen molar-refractivity contribution in [3.05, 3.63) is 50.9 Å². The molecule has 2 heterocycles. The van der Waals surface area contributed by atoms with Crippen LogP contribution in [0.4, 0.5) is 5.69 Å². The summed E-state index contributed by atoms with van der Waals surface area (Å²) in [5, 5.41) is 8.02. The van der Waals surface area contributed by atoms with Gasteiger partial charge in [0.25, 0.3) is 5.56 Å². The number of morpholine rings is 1. The summed E-state index contributed by atoms with van der Waals surface area (Å²) in [6.45, 7) is 3.03. The lowest BCUT2D eigenvalue weighted by molar-refractivity contribution is -0.0117. The number of hydrogen-bond donors (Lipinski definition) is 1. The van der Waals surface area contributed by atoms with Crippen LogP contribution in [0, 0.1) is 0 Å². The van der Waals surface area contributed by atoms with Crippen LogP contribution >= 0.6 is 23.2 Å². The van der Waals surface area contributed by atoms with Gasteiger partial charge in [0.05, 0.1) is 30.3 Å². The molecule has 0 saturated carbocycles. The number of halogens is 2. The first-order valence-electron chi connectivity index (χ1n) is 7.62. The van der Waals surface area contributed by atoms with E-state index in [-0.39, 0.29) is 16.7 Å². The van der Waals surface area contributed by atoms with Gasteiger partial charge in [-0.15, -0.1) is 0 Å². The highest BCUT2D eigenvalue weighted by Crippen LogP contribution is 2.18. The summed E-state index contributed by atoms with van der Waals surface area (Å²) >= 11 is 12.1. The number of benzene rings is 1. The van der Waals surface area contributed by atoms with Crippen molar-refractivity contribution in [1.82, 2.24) is 14.7 Å². The van der Waals surface area contributed by atoms with Gasteiger partial charge in [0, 0.05) is 24.7 Å². The predicted octanol–water partition coefficient (Wildman–Crippen LogP) is 2.28. The van der Waals surface area contributed by atoms with Gasteiger partial charge >= 0.3 is 0 Å². The number of nitrogens with zero attached hydrogens (tertiary/aromatic N) is 3. The zero-order valence-electron chi connectivity index (χ0n) is 13.2. The molecule has 6 nitrogen and oxygen atoms in total. The number of aromatic nitrogens is 2. The Balaban J connectivity index is 1.75. The molecule has 2 aromatic rings. The molecular formula is C16H18Cl2N4O2. The van der Waals surface area contributed by atoms with E-state index in [9.17, 15) is 4.79 Å². The molecule has 24 heavy (non-hydrogen) atoms. The fourth-order valence-electron chi connectivity index (χ4n) is 2.54. The molecule has 0 spiro atoms. The monoisotopic (exact) mass is 368 g/mol. The highest BCUT2D eigenvalue weighted by atomic mass is 35.5. The molecular weight excluding hydrogens is 351 g/mol. The molecule has 1 saturated heterocycles. The smallest absolute Gasteiger partial charge is 0.292 e. The number of hydrogen-bond acceptors (Lipinski definition) is 5. The molecule has 1 fully saturated rings. The number of ether oxygens (including phenoxy) is 1. The van der Waals surface area contributed by atoms with Crippen molar-refractivity contribution < 1.29 is 4.74 Å². The Bertz CT molecular complexity index is 764. The number of anilines is 1. The topological polar surface area (TPSA) is 59.4 Å². The maximum absolute atomic E-state index is 12.4. The number of rotatable bonds is 4. The van der Waals surface area contributed by atoms with Crippen molar-refractivity contribution in [3.8, 4) is 5.69 Å². The van der Waals surface area contributed by atoms with E-state index in [1.807, 2.05) is 0 Å². The van der Waals surface area contributed by atoms with Crippen LogP contribution in [-0.2, 0) is 4.74 Å². The van der Waals surface area contributed by atoms with Crippen molar-refractivity contribution in [2.45, 2.75) is 6.10 Å². The summed E-state index contributed by atoms with van der Waals surface area (Å²) in [5.74, 6) is 0. The number of likely N-dealkylation sites (N-methyl/N-ethyl adjacent to an activating group) is 1. The lowest BCUT2D eigenvalue weighted by Gasteiger charge is -2.30. The van der Waals surface area contributed by atoms with Gasteiger partial charge in [0.1, 0.15) is 5.02 Å². The molecule has 128 valence electrons. The van der Waals surface area contributed by atoms with E-state index in [2.05, 4.69) is 22.4 Å². The number of nitrogens with one attached hydrogen (secondary N) is 1. The summed E-state index contributed by atoms with van der Waals surface area (Å²) < 4.78 is 6.93. The Kier molecular flexibility index (Phi) is 5.40. The second-order valence-electron chi connectivity index (χ2n) is 5.70. The van der Waals surface area contributed by atoms with Crippen molar-refractivity contribution in [2.75, 3.05) is 38.6 Å². The van der Waals surface area contributed by atoms with Crippen molar-refractivity contribution in [1.29, 1.82) is 0 Å². The van der Waals surface area contributed by atoms with Gasteiger partial charge in [-0.2, -0.15) is 9.78 Å². The van der Waals surface area contributed by atoms with Crippen LogP contribution in [0.25, 0.3) is 5.69 Å². The third kappa shape index (κ3) is 3.89. The highest BCUT2D eigenvalue weighted by molar-refractivity contribution is 6.33. The first-order valence-corrected chi connectivity index (χ1v) is 8.38. The van der Waals surface area contributed by atoms with Gasteiger partial charge in [0.2, 0.25) is 0 Å². The largest absolute Gasteiger partial charge is 0.380 e. The van der Waals surface area contributed by atoms with E-state index in [1.54, 1.807) is 30.5 Å². The Morgan fingerprint density at radius 1 is 1.33 bits per heavy atom. The minimum atomic E-state index is -0.384. The molecule has 0 aliphatic carbocycles. The SMILES string of the molecule is CN1CCOC(CNc2cnn(-c3ccc(Cl)cc3)c(=O)c2Cl)C1. The van der Waals surface area contributed by atoms with E-state index < -0.39 is 0 Å². The maximum Gasteiger partial charge on any atom is 0.292 e. The van der Waals surface area contributed by atoms with Crippen LogP contribution in [0.1, 0.15) is 0 Å². The van der Waals surface area contributed by atoms with Crippen molar-refractivity contribution >= 4 is 28.9 Å². The second-order valence-corrected chi connectivity index (χ2v) is 6.52. The standard InChI is InChI=1S/C16H18Cl2N4O2/c1-21-6-7-24-13(10-21)8-19-14-9-20-22(16(23)15(14)18)12-4-2-11(17)3-5-12/h2-5,9,13,19H,6-8,10H2,1H3.